The van der Waals surface area contributed by atoms with Crippen LogP contribution in [0.3, 0.4) is 0 Å². The molecule has 0 spiro atoms. The van der Waals surface area contributed by atoms with E-state index in [0.717, 1.165) is 38.5 Å². The maximum atomic E-state index is 11.5. The second-order valence-corrected chi connectivity index (χ2v) is 9.99. The molecule has 1 aliphatic rings. The van der Waals surface area contributed by atoms with Gasteiger partial charge in [0.2, 0.25) is 11.8 Å². The molecule has 0 radical (unpaired) electrons. The third kappa shape index (κ3) is 4.97. The van der Waals surface area contributed by atoms with Crippen molar-refractivity contribution >= 4 is 38.7 Å². The average Bonchev–Trinajstić information content (AvgIpc) is 2.86. The van der Waals surface area contributed by atoms with E-state index < -0.39 is 6.09 Å². The Kier molecular flexibility index (Phi) is 6.73. The molecule has 9 heteroatoms. The summed E-state index contributed by atoms with van der Waals surface area (Å²) in [5.74, 6) is 1.88. The highest BCUT2D eigenvalue weighted by Gasteiger charge is 2.28. The highest BCUT2D eigenvalue weighted by atomic mass is 79.9. The number of nitrogens with one attached hydrogen (secondary N) is 1. The van der Waals surface area contributed by atoms with Crippen LogP contribution >= 0.6 is 15.9 Å². The number of hydrogen-bond donors (Lipinski definition) is 2. The normalized spacial score (nSPS) is 17.7. The number of carboxylic acid groups (broad SMARTS) is 1. The number of piperidine rings is 1. The van der Waals surface area contributed by atoms with Crippen LogP contribution in [0.1, 0.15) is 18.9 Å². The van der Waals surface area contributed by atoms with Gasteiger partial charge >= 0.3 is 6.09 Å². The lowest BCUT2D eigenvalue weighted by atomic mass is 9.96. The van der Waals surface area contributed by atoms with Crippen LogP contribution in [-0.2, 0) is 0 Å². The van der Waals surface area contributed by atoms with Crippen LogP contribution in [0.25, 0.3) is 22.0 Å². The molecule has 0 aliphatic carbocycles. The third-order valence-electron chi connectivity index (χ3n) is 6.32. The Morgan fingerprint density at radius 1 is 1.08 bits per heavy atom. The fourth-order valence-electron chi connectivity index (χ4n) is 4.67. The SMILES string of the molecule is Cc1ccc2c(Br)cccc2c1Oc1ncccc1-c1ccnc(NC2CC(C)CN(C(=O)O)C2)n1. The van der Waals surface area contributed by atoms with Crippen molar-refractivity contribution in [2.45, 2.75) is 26.3 Å². The van der Waals surface area contributed by atoms with Crippen molar-refractivity contribution in [1.82, 2.24) is 19.9 Å². The van der Waals surface area contributed by atoms with Gasteiger partial charge in [0.05, 0.1) is 11.3 Å². The van der Waals surface area contributed by atoms with Gasteiger partial charge in [0, 0.05) is 41.4 Å². The standard InChI is InChI=1S/C27H26BrN5O3/c1-16-13-18(15-33(14-16)27(34)35)31-26-30-12-10-23(32-26)21-6-4-11-29-25(21)36-24-17(2)8-9-19-20(24)5-3-7-22(19)28/h3-12,16,18H,13-15H2,1-2H3,(H,34,35)(H,30,31,32). The second kappa shape index (κ2) is 10.1. The van der Waals surface area contributed by atoms with Gasteiger partial charge in [0.15, 0.2) is 0 Å². The summed E-state index contributed by atoms with van der Waals surface area (Å²) in [5.41, 5.74) is 2.39. The highest BCUT2D eigenvalue weighted by molar-refractivity contribution is 9.10. The quantitative estimate of drug-likeness (QED) is 0.300. The number of aryl methyl sites for hydroxylation is 1. The molecule has 2 N–H and O–H groups in total. The predicted molar refractivity (Wildman–Crippen MR) is 143 cm³/mol. The molecule has 0 saturated carbocycles. The van der Waals surface area contributed by atoms with Crippen LogP contribution in [0, 0.1) is 12.8 Å². The summed E-state index contributed by atoms with van der Waals surface area (Å²) < 4.78 is 7.42. The molecule has 8 nitrogen and oxygen atoms in total. The number of halogens is 1. The Balaban J connectivity index is 1.45. The monoisotopic (exact) mass is 547 g/mol. The molecule has 1 aliphatic heterocycles. The van der Waals surface area contributed by atoms with Crippen molar-refractivity contribution in [3.05, 3.63) is 71.0 Å². The van der Waals surface area contributed by atoms with Crippen LogP contribution in [0.15, 0.2) is 65.4 Å². The molecule has 5 rings (SSSR count). The summed E-state index contributed by atoms with van der Waals surface area (Å²) in [6, 6.07) is 15.6. The summed E-state index contributed by atoms with van der Waals surface area (Å²) in [4.78, 5) is 26.5. The fraction of sp³-hybridized carbons (Fsp3) is 0.259. The van der Waals surface area contributed by atoms with Crippen LogP contribution in [-0.4, -0.2) is 50.2 Å². The average molecular weight is 548 g/mol. The van der Waals surface area contributed by atoms with Gasteiger partial charge in [-0.05, 0) is 54.5 Å². The molecular weight excluding hydrogens is 522 g/mol. The molecule has 184 valence electrons. The fourth-order valence-corrected chi connectivity index (χ4v) is 5.17. The number of nitrogens with zero attached hydrogens (tertiary/aromatic N) is 4. The number of rotatable bonds is 5. The van der Waals surface area contributed by atoms with Gasteiger partial charge in [-0.15, -0.1) is 0 Å². The van der Waals surface area contributed by atoms with E-state index in [9.17, 15) is 9.90 Å². The van der Waals surface area contributed by atoms with E-state index >= 15 is 0 Å². The second-order valence-electron chi connectivity index (χ2n) is 9.14. The van der Waals surface area contributed by atoms with E-state index in [1.54, 1.807) is 12.4 Å². The number of hydrogen-bond acceptors (Lipinski definition) is 6. The Morgan fingerprint density at radius 2 is 1.94 bits per heavy atom. The first-order chi connectivity index (χ1) is 17.4. The summed E-state index contributed by atoms with van der Waals surface area (Å²) >= 11 is 3.63. The lowest BCUT2D eigenvalue weighted by molar-refractivity contribution is 0.119. The molecule has 1 fully saturated rings. The molecule has 1 saturated heterocycles. The number of benzene rings is 2. The minimum Gasteiger partial charge on any atom is -0.465 e. The van der Waals surface area contributed by atoms with Gasteiger partial charge < -0.3 is 20.1 Å². The summed E-state index contributed by atoms with van der Waals surface area (Å²) in [6.07, 6.45) is 3.31. The van der Waals surface area contributed by atoms with E-state index in [2.05, 4.69) is 37.3 Å². The van der Waals surface area contributed by atoms with Gasteiger partial charge in [-0.2, -0.15) is 0 Å². The Bertz CT molecular complexity index is 1430. The van der Waals surface area contributed by atoms with Crippen molar-refractivity contribution < 1.29 is 14.6 Å². The number of ether oxygens (including phenoxy) is 1. The third-order valence-corrected chi connectivity index (χ3v) is 7.01. The Morgan fingerprint density at radius 3 is 2.78 bits per heavy atom. The van der Waals surface area contributed by atoms with Gasteiger partial charge in [0.1, 0.15) is 5.75 Å². The van der Waals surface area contributed by atoms with Crippen molar-refractivity contribution in [2.75, 3.05) is 18.4 Å². The van der Waals surface area contributed by atoms with Gasteiger partial charge in [0.25, 0.3) is 0 Å². The number of fused-ring (bicyclic) bond motifs is 1. The smallest absolute Gasteiger partial charge is 0.407 e. The number of pyridine rings is 1. The summed E-state index contributed by atoms with van der Waals surface area (Å²) in [7, 11) is 0. The minimum absolute atomic E-state index is 0.0681. The van der Waals surface area contributed by atoms with E-state index in [4.69, 9.17) is 9.72 Å². The molecule has 2 atom stereocenters. The highest BCUT2D eigenvalue weighted by Crippen LogP contribution is 2.38. The first kappa shape index (κ1) is 24.0. The van der Waals surface area contributed by atoms with Crippen LogP contribution < -0.4 is 10.1 Å². The molecule has 2 aromatic carbocycles. The number of carbonyl (C=O) groups is 1. The number of amides is 1. The molecule has 2 unspecified atom stereocenters. The first-order valence-corrected chi connectivity index (χ1v) is 12.6. The topological polar surface area (TPSA) is 100 Å². The van der Waals surface area contributed by atoms with Crippen molar-refractivity contribution in [3.63, 3.8) is 0 Å². The summed E-state index contributed by atoms with van der Waals surface area (Å²) in [6.45, 7) is 4.99. The zero-order valence-corrected chi connectivity index (χ0v) is 21.6. The van der Waals surface area contributed by atoms with Crippen LogP contribution in [0.5, 0.6) is 11.6 Å². The predicted octanol–water partition coefficient (Wildman–Crippen LogP) is 6.36. The zero-order chi connectivity index (χ0) is 25.2. The van der Waals surface area contributed by atoms with E-state index in [1.165, 1.54) is 4.90 Å². The van der Waals surface area contributed by atoms with E-state index in [-0.39, 0.29) is 12.0 Å². The van der Waals surface area contributed by atoms with Crippen molar-refractivity contribution in [1.29, 1.82) is 0 Å². The molecule has 3 heterocycles. The molecule has 1 amide bonds. The number of likely N-dealkylation sites (tertiary alicyclic amines) is 1. The largest absolute Gasteiger partial charge is 0.465 e. The van der Waals surface area contributed by atoms with Gasteiger partial charge in [-0.25, -0.2) is 19.7 Å². The maximum absolute atomic E-state index is 11.5. The van der Waals surface area contributed by atoms with E-state index in [1.807, 2.05) is 56.3 Å². The van der Waals surface area contributed by atoms with Gasteiger partial charge in [-0.1, -0.05) is 47.1 Å². The Labute approximate surface area is 217 Å². The van der Waals surface area contributed by atoms with Crippen LogP contribution in [0.4, 0.5) is 10.7 Å². The van der Waals surface area contributed by atoms with Crippen molar-refractivity contribution in [2.24, 2.45) is 5.92 Å². The summed E-state index contributed by atoms with van der Waals surface area (Å²) in [5, 5.41) is 14.8. The molecular formula is C27H26BrN5O3. The lowest BCUT2D eigenvalue weighted by Crippen LogP contribution is -2.47. The van der Waals surface area contributed by atoms with Crippen molar-refractivity contribution in [3.8, 4) is 22.9 Å². The minimum atomic E-state index is -0.907. The van der Waals surface area contributed by atoms with E-state index in [0.29, 0.717) is 30.6 Å². The lowest BCUT2D eigenvalue weighted by Gasteiger charge is -2.35. The molecule has 2 aromatic heterocycles. The Hall–Kier alpha value is -3.72. The van der Waals surface area contributed by atoms with Crippen LogP contribution in [0.2, 0.25) is 0 Å². The molecule has 36 heavy (non-hydrogen) atoms. The number of anilines is 1. The maximum Gasteiger partial charge on any atom is 0.407 e. The first-order valence-electron chi connectivity index (χ1n) is 11.8. The van der Waals surface area contributed by atoms with Gasteiger partial charge in [-0.3, -0.25) is 0 Å². The number of aromatic nitrogens is 3. The zero-order valence-electron chi connectivity index (χ0n) is 20.0. The molecule has 4 aromatic rings. The molecule has 0 bridgehead atoms.